The van der Waals surface area contributed by atoms with Crippen LogP contribution in [0.4, 0.5) is 0 Å². The minimum Gasteiger partial charge on any atom is -0.379 e. The summed E-state index contributed by atoms with van der Waals surface area (Å²) in [6.45, 7) is 10.3. The van der Waals surface area contributed by atoms with Gasteiger partial charge in [0.05, 0.1) is 33.0 Å². The van der Waals surface area contributed by atoms with Gasteiger partial charge in [0, 0.05) is 29.5 Å². The Balaban J connectivity index is 1.74. The van der Waals surface area contributed by atoms with E-state index in [0.717, 1.165) is 32.7 Å². The number of hydrogen-bond acceptors (Lipinski definition) is 5. The number of hydrogen-bond donors (Lipinski definition) is 1. The van der Waals surface area contributed by atoms with E-state index in [-0.39, 0.29) is 0 Å². The molecule has 1 N–H and O–H groups in total. The van der Waals surface area contributed by atoms with Crippen molar-refractivity contribution in [2.24, 2.45) is 0 Å². The van der Waals surface area contributed by atoms with Gasteiger partial charge in [-0.1, -0.05) is 13.3 Å². The zero-order valence-electron chi connectivity index (χ0n) is 13.4. The Morgan fingerprint density at radius 3 is 2.24 bits per heavy atom. The highest BCUT2D eigenvalue weighted by molar-refractivity contribution is 7.11. The minimum absolute atomic E-state index is 0.640. The number of unbranched alkanes of at least 4 members (excludes halogenated alkanes) is 1. The Kier molecular flexibility index (Phi) is 11.7. The van der Waals surface area contributed by atoms with E-state index < -0.39 is 0 Å². The average molecular weight is 315 g/mol. The maximum Gasteiger partial charge on any atom is 0.0701 e. The molecule has 0 aromatic carbocycles. The van der Waals surface area contributed by atoms with E-state index in [1.165, 1.54) is 16.2 Å². The van der Waals surface area contributed by atoms with Gasteiger partial charge in [-0.25, -0.2) is 0 Å². The molecular formula is C16H29NO3S. The third kappa shape index (κ3) is 10.8. The molecule has 0 bridgehead atoms. The Hall–Kier alpha value is -0.460. The highest BCUT2D eigenvalue weighted by atomic mass is 32.1. The normalized spacial score (nSPS) is 11.1. The second kappa shape index (κ2) is 13.2. The molecule has 0 amide bonds. The van der Waals surface area contributed by atoms with E-state index in [2.05, 4.69) is 31.3 Å². The van der Waals surface area contributed by atoms with Crippen LogP contribution in [0.2, 0.25) is 0 Å². The van der Waals surface area contributed by atoms with Crippen molar-refractivity contribution in [1.82, 2.24) is 5.32 Å². The SMILES string of the molecule is CCCCOCCOCCOCCNCc1ccc(C)s1. The molecule has 0 atom stereocenters. The second-order valence-corrected chi connectivity index (χ2v) is 6.25. The molecule has 0 saturated heterocycles. The lowest BCUT2D eigenvalue weighted by Crippen LogP contribution is -2.20. The van der Waals surface area contributed by atoms with Crippen LogP contribution in [0.3, 0.4) is 0 Å². The molecule has 1 aromatic rings. The number of rotatable bonds is 14. The van der Waals surface area contributed by atoms with Gasteiger partial charge in [0.2, 0.25) is 0 Å². The lowest BCUT2D eigenvalue weighted by atomic mass is 10.4. The summed E-state index contributed by atoms with van der Waals surface area (Å²) in [7, 11) is 0. The summed E-state index contributed by atoms with van der Waals surface area (Å²) in [6, 6.07) is 4.33. The van der Waals surface area contributed by atoms with E-state index in [9.17, 15) is 0 Å². The molecule has 0 aliphatic carbocycles. The first-order chi connectivity index (χ1) is 10.3. The molecule has 1 heterocycles. The predicted molar refractivity (Wildman–Crippen MR) is 88.1 cm³/mol. The topological polar surface area (TPSA) is 39.7 Å². The highest BCUT2D eigenvalue weighted by Crippen LogP contribution is 2.14. The minimum atomic E-state index is 0.640. The summed E-state index contributed by atoms with van der Waals surface area (Å²) in [5, 5.41) is 3.37. The van der Waals surface area contributed by atoms with Crippen LogP contribution in [0.5, 0.6) is 0 Å². The van der Waals surface area contributed by atoms with Crippen LogP contribution in [0.15, 0.2) is 12.1 Å². The molecule has 5 heteroatoms. The molecule has 1 aromatic heterocycles. The molecule has 21 heavy (non-hydrogen) atoms. The maximum atomic E-state index is 5.50. The van der Waals surface area contributed by atoms with Gasteiger partial charge in [0.25, 0.3) is 0 Å². The summed E-state index contributed by atoms with van der Waals surface area (Å²) in [4.78, 5) is 2.73. The highest BCUT2D eigenvalue weighted by Gasteiger charge is 1.96. The number of aryl methyl sites for hydroxylation is 1. The van der Waals surface area contributed by atoms with E-state index in [1.54, 1.807) is 0 Å². The van der Waals surface area contributed by atoms with Crippen LogP contribution < -0.4 is 5.32 Å². The Bertz CT molecular complexity index is 344. The third-order valence-electron chi connectivity index (χ3n) is 2.90. The van der Waals surface area contributed by atoms with Crippen molar-refractivity contribution >= 4 is 11.3 Å². The average Bonchev–Trinajstić information content (AvgIpc) is 2.89. The van der Waals surface area contributed by atoms with Crippen LogP contribution in [0, 0.1) is 6.92 Å². The van der Waals surface area contributed by atoms with Gasteiger partial charge in [0.1, 0.15) is 0 Å². The van der Waals surface area contributed by atoms with Crippen molar-refractivity contribution in [2.75, 3.05) is 46.2 Å². The Morgan fingerprint density at radius 2 is 1.62 bits per heavy atom. The van der Waals surface area contributed by atoms with E-state index in [4.69, 9.17) is 14.2 Å². The van der Waals surface area contributed by atoms with E-state index in [1.807, 2.05) is 11.3 Å². The summed E-state index contributed by atoms with van der Waals surface area (Å²) in [6.07, 6.45) is 2.30. The van der Waals surface area contributed by atoms with Crippen LogP contribution >= 0.6 is 11.3 Å². The van der Waals surface area contributed by atoms with Crippen molar-refractivity contribution in [1.29, 1.82) is 0 Å². The van der Waals surface area contributed by atoms with Gasteiger partial charge >= 0.3 is 0 Å². The monoisotopic (exact) mass is 315 g/mol. The van der Waals surface area contributed by atoms with Crippen molar-refractivity contribution in [3.8, 4) is 0 Å². The van der Waals surface area contributed by atoms with Crippen molar-refractivity contribution in [3.05, 3.63) is 21.9 Å². The fraction of sp³-hybridized carbons (Fsp3) is 0.750. The van der Waals surface area contributed by atoms with Gasteiger partial charge in [-0.2, -0.15) is 0 Å². The van der Waals surface area contributed by atoms with E-state index >= 15 is 0 Å². The molecule has 4 nitrogen and oxygen atoms in total. The summed E-state index contributed by atoms with van der Waals surface area (Å²) in [5.74, 6) is 0. The van der Waals surface area contributed by atoms with Crippen LogP contribution in [-0.4, -0.2) is 46.2 Å². The van der Waals surface area contributed by atoms with Crippen LogP contribution in [0.25, 0.3) is 0 Å². The van der Waals surface area contributed by atoms with Crippen LogP contribution in [-0.2, 0) is 20.8 Å². The summed E-state index contributed by atoms with van der Waals surface area (Å²) < 4.78 is 16.3. The number of nitrogens with one attached hydrogen (secondary N) is 1. The molecular weight excluding hydrogens is 286 g/mol. The fourth-order valence-corrected chi connectivity index (χ4v) is 2.58. The smallest absolute Gasteiger partial charge is 0.0701 e. The van der Waals surface area contributed by atoms with Gasteiger partial charge in [-0.3, -0.25) is 0 Å². The first-order valence-electron chi connectivity index (χ1n) is 7.82. The van der Waals surface area contributed by atoms with Gasteiger partial charge in [-0.15, -0.1) is 11.3 Å². The zero-order chi connectivity index (χ0) is 15.2. The molecule has 0 saturated carbocycles. The van der Waals surface area contributed by atoms with Gasteiger partial charge < -0.3 is 19.5 Å². The first kappa shape index (κ1) is 18.6. The van der Waals surface area contributed by atoms with Crippen molar-refractivity contribution < 1.29 is 14.2 Å². The molecule has 0 unspecified atom stereocenters. The lowest BCUT2D eigenvalue weighted by molar-refractivity contribution is 0.0146. The first-order valence-corrected chi connectivity index (χ1v) is 8.64. The maximum absolute atomic E-state index is 5.50. The molecule has 0 radical (unpaired) electrons. The van der Waals surface area contributed by atoms with Crippen molar-refractivity contribution in [3.63, 3.8) is 0 Å². The fourth-order valence-electron chi connectivity index (χ4n) is 1.72. The third-order valence-corrected chi connectivity index (χ3v) is 3.91. The second-order valence-electron chi connectivity index (χ2n) is 4.88. The number of thiophene rings is 1. The Labute approximate surface area is 132 Å². The molecule has 122 valence electrons. The molecule has 0 aliphatic rings. The molecule has 0 fully saturated rings. The lowest BCUT2D eigenvalue weighted by Gasteiger charge is -2.07. The van der Waals surface area contributed by atoms with Crippen molar-refractivity contribution in [2.45, 2.75) is 33.2 Å². The largest absolute Gasteiger partial charge is 0.379 e. The molecule has 0 spiro atoms. The van der Waals surface area contributed by atoms with Gasteiger partial charge in [-0.05, 0) is 25.5 Å². The summed E-state index contributed by atoms with van der Waals surface area (Å²) in [5.41, 5.74) is 0. The van der Waals surface area contributed by atoms with E-state index in [0.29, 0.717) is 26.4 Å². The number of ether oxygens (including phenoxy) is 3. The summed E-state index contributed by atoms with van der Waals surface area (Å²) >= 11 is 1.84. The Morgan fingerprint density at radius 1 is 0.952 bits per heavy atom. The molecule has 1 rings (SSSR count). The predicted octanol–water partition coefficient (Wildman–Crippen LogP) is 3.00. The van der Waals surface area contributed by atoms with Gasteiger partial charge in [0.15, 0.2) is 0 Å². The molecule has 0 aliphatic heterocycles. The van der Waals surface area contributed by atoms with Crippen LogP contribution in [0.1, 0.15) is 29.5 Å². The quantitative estimate of drug-likeness (QED) is 0.536. The standard InChI is InChI=1S/C16H29NO3S/c1-3-4-8-18-10-12-20-13-11-19-9-7-17-14-16-6-5-15(2)21-16/h5-6,17H,3-4,7-14H2,1-2H3. The zero-order valence-corrected chi connectivity index (χ0v) is 14.2.